The van der Waals surface area contributed by atoms with Gasteiger partial charge in [0.2, 0.25) is 0 Å². The first kappa shape index (κ1) is 28.0. The summed E-state index contributed by atoms with van der Waals surface area (Å²) in [5.74, 6) is 0. The van der Waals surface area contributed by atoms with Crippen molar-refractivity contribution in [3.05, 3.63) is 157 Å². The van der Waals surface area contributed by atoms with Gasteiger partial charge < -0.3 is 0 Å². The lowest BCUT2D eigenvalue weighted by Gasteiger charge is -2.10. The van der Waals surface area contributed by atoms with Crippen molar-refractivity contribution in [1.82, 2.24) is 9.97 Å². The minimum atomic E-state index is 0.974. The van der Waals surface area contributed by atoms with Crippen LogP contribution in [-0.2, 0) is 25.9 Å². The third-order valence-electron chi connectivity index (χ3n) is 9.20. The Labute approximate surface area is 269 Å². The fourth-order valence-electron chi connectivity index (χ4n) is 6.87. The second-order valence-corrected chi connectivity index (χ2v) is 12.1. The van der Waals surface area contributed by atoms with Gasteiger partial charge in [0, 0.05) is 58.7 Å². The van der Waals surface area contributed by atoms with Crippen molar-refractivity contribution in [2.45, 2.75) is 38.8 Å². The predicted molar refractivity (Wildman–Crippen MR) is 187 cm³/mol. The summed E-state index contributed by atoms with van der Waals surface area (Å²) in [6, 6.07) is 43.0. The van der Waals surface area contributed by atoms with Gasteiger partial charge in [0.05, 0.1) is 22.1 Å². The summed E-state index contributed by atoms with van der Waals surface area (Å²) < 4.78 is 4.59. The third-order valence-corrected chi connectivity index (χ3v) is 9.20. The summed E-state index contributed by atoms with van der Waals surface area (Å²) in [5.41, 5.74) is 9.59. The molecule has 222 valence electrons. The van der Waals surface area contributed by atoms with E-state index in [4.69, 9.17) is 9.97 Å². The molecule has 8 rings (SSSR count). The smallest absolute Gasteiger partial charge is 0.169 e. The van der Waals surface area contributed by atoms with Gasteiger partial charge in [-0.1, -0.05) is 72.8 Å². The molecule has 0 bridgehead atoms. The first-order valence-corrected chi connectivity index (χ1v) is 16.3. The third kappa shape index (κ3) is 5.59. The van der Waals surface area contributed by atoms with Crippen LogP contribution < -0.4 is 9.13 Å². The van der Waals surface area contributed by atoms with Crippen LogP contribution in [0, 0.1) is 0 Å². The maximum Gasteiger partial charge on any atom is 0.169 e. The Hall–Kier alpha value is -5.48. The van der Waals surface area contributed by atoms with Crippen molar-refractivity contribution in [3.8, 4) is 11.1 Å². The Kier molecular flexibility index (Phi) is 7.61. The summed E-state index contributed by atoms with van der Waals surface area (Å²) >= 11 is 0. The van der Waals surface area contributed by atoms with E-state index in [2.05, 4.69) is 155 Å². The molecule has 0 saturated carbocycles. The van der Waals surface area contributed by atoms with Gasteiger partial charge in [0.1, 0.15) is 13.1 Å². The minimum absolute atomic E-state index is 0.974. The van der Waals surface area contributed by atoms with Gasteiger partial charge in [-0.15, -0.1) is 0 Å². The lowest BCUT2D eigenvalue weighted by atomic mass is 9.98. The van der Waals surface area contributed by atoms with Crippen LogP contribution in [-0.4, -0.2) is 9.97 Å². The zero-order valence-electron chi connectivity index (χ0n) is 25.9. The fourth-order valence-corrected chi connectivity index (χ4v) is 6.87. The van der Waals surface area contributed by atoms with Crippen LogP contribution >= 0.6 is 0 Å². The van der Waals surface area contributed by atoms with Crippen LogP contribution in [0.2, 0.25) is 0 Å². The Morgan fingerprint density at radius 1 is 0.370 bits per heavy atom. The van der Waals surface area contributed by atoms with Gasteiger partial charge in [-0.2, -0.15) is 0 Å². The summed E-state index contributed by atoms with van der Waals surface area (Å²) in [6.07, 6.45) is 13.0. The van der Waals surface area contributed by atoms with Gasteiger partial charge in [0.25, 0.3) is 0 Å². The van der Waals surface area contributed by atoms with Crippen LogP contribution in [0.25, 0.3) is 54.7 Å². The lowest BCUT2D eigenvalue weighted by molar-refractivity contribution is -0.697. The normalized spacial score (nSPS) is 11.6. The molecule has 4 heteroatoms. The topological polar surface area (TPSA) is 33.5 Å². The van der Waals surface area contributed by atoms with E-state index >= 15 is 0 Å². The Morgan fingerprint density at radius 3 is 1.00 bits per heavy atom. The molecule has 46 heavy (non-hydrogen) atoms. The van der Waals surface area contributed by atoms with Crippen molar-refractivity contribution in [2.75, 3.05) is 0 Å². The first-order chi connectivity index (χ1) is 22.8. The first-order valence-electron chi connectivity index (χ1n) is 16.3. The Morgan fingerprint density at radius 2 is 0.674 bits per heavy atom. The second kappa shape index (κ2) is 12.5. The van der Waals surface area contributed by atoms with E-state index in [0.29, 0.717) is 0 Å². The second-order valence-electron chi connectivity index (χ2n) is 12.1. The molecule has 0 aliphatic carbocycles. The van der Waals surface area contributed by atoms with E-state index in [1.54, 1.807) is 0 Å². The number of rotatable bonds is 9. The highest BCUT2D eigenvalue weighted by Crippen LogP contribution is 2.28. The number of nitrogens with zero attached hydrogens (tertiary/aromatic N) is 4. The number of para-hydroxylation sites is 4. The van der Waals surface area contributed by atoms with Gasteiger partial charge in [-0.05, 0) is 59.4 Å². The van der Waals surface area contributed by atoms with E-state index in [1.807, 2.05) is 0 Å². The molecular formula is C42H36N4+2. The van der Waals surface area contributed by atoms with E-state index in [0.717, 1.165) is 60.8 Å². The number of fused-ring (bicyclic) bond motifs is 4. The number of benzene rings is 4. The van der Waals surface area contributed by atoms with Crippen LogP contribution in [0.5, 0.6) is 0 Å². The lowest BCUT2D eigenvalue weighted by Crippen LogP contribution is -2.33. The quantitative estimate of drug-likeness (QED) is 0.124. The molecule has 0 spiro atoms. The Bertz CT molecular complexity index is 2030. The monoisotopic (exact) mass is 596 g/mol. The molecule has 4 aromatic heterocycles. The maximum atomic E-state index is 4.89. The molecule has 0 aliphatic rings. The van der Waals surface area contributed by atoms with Crippen LogP contribution in [0.15, 0.2) is 146 Å². The van der Waals surface area contributed by atoms with E-state index < -0.39 is 0 Å². The number of hydrogen-bond acceptors (Lipinski definition) is 2. The van der Waals surface area contributed by atoms with E-state index in [9.17, 15) is 0 Å². The molecule has 0 amide bonds. The zero-order valence-corrected chi connectivity index (χ0v) is 25.9. The largest absolute Gasteiger partial charge is 0.248 e. The molecule has 4 aromatic carbocycles. The molecule has 4 heterocycles. The Balaban J connectivity index is 0.908. The summed E-state index contributed by atoms with van der Waals surface area (Å²) in [5, 5.41) is 5.06. The highest BCUT2D eigenvalue weighted by atomic mass is 14.9. The van der Waals surface area contributed by atoms with Crippen molar-refractivity contribution < 1.29 is 9.13 Å². The highest BCUT2D eigenvalue weighted by molar-refractivity contribution is 5.98. The van der Waals surface area contributed by atoms with Crippen LogP contribution in [0.1, 0.15) is 24.0 Å². The van der Waals surface area contributed by atoms with Gasteiger partial charge >= 0.3 is 0 Å². The van der Waals surface area contributed by atoms with Crippen molar-refractivity contribution in [1.29, 1.82) is 0 Å². The molecular weight excluding hydrogens is 560 g/mol. The van der Waals surface area contributed by atoms with Gasteiger partial charge in [-0.3, -0.25) is 0 Å². The standard InChI is InChI=1S/C42H36N4/c1-5-17-39-35(11-1)33(36-12-2-6-18-40(36)43-39)15-9-25-45-27-21-31(22-28-45)32-23-29-46(30-24-32)26-10-16-34-37-13-3-7-19-41(37)44-42-20-8-4-14-38(34)42/h1-8,11-14,17-24,27-30H,9-10,15-16,25-26H2/q+2. The van der Waals surface area contributed by atoms with Crippen molar-refractivity contribution in [3.63, 3.8) is 0 Å². The summed E-state index contributed by atoms with van der Waals surface area (Å²) in [6.45, 7) is 1.95. The molecule has 4 nitrogen and oxygen atoms in total. The number of aromatic nitrogens is 4. The molecule has 8 aromatic rings. The van der Waals surface area contributed by atoms with Crippen molar-refractivity contribution in [2.24, 2.45) is 0 Å². The number of pyridine rings is 4. The molecule has 0 fully saturated rings. The van der Waals surface area contributed by atoms with E-state index in [1.165, 1.54) is 43.8 Å². The number of aryl methyl sites for hydroxylation is 4. The molecule has 0 unspecified atom stereocenters. The minimum Gasteiger partial charge on any atom is -0.248 e. The zero-order chi connectivity index (χ0) is 30.7. The summed E-state index contributed by atoms with van der Waals surface area (Å²) in [4.78, 5) is 9.77. The van der Waals surface area contributed by atoms with Crippen LogP contribution in [0.4, 0.5) is 0 Å². The molecule has 0 saturated heterocycles. The number of hydrogen-bond donors (Lipinski definition) is 0. The highest BCUT2D eigenvalue weighted by Gasteiger charge is 2.12. The predicted octanol–water partition coefficient (Wildman–Crippen LogP) is 8.60. The van der Waals surface area contributed by atoms with Gasteiger partial charge in [-0.25, -0.2) is 19.1 Å². The van der Waals surface area contributed by atoms with Crippen LogP contribution in [0.3, 0.4) is 0 Å². The van der Waals surface area contributed by atoms with E-state index in [-0.39, 0.29) is 0 Å². The van der Waals surface area contributed by atoms with Gasteiger partial charge in [0.15, 0.2) is 24.8 Å². The SMILES string of the molecule is c1ccc2c(CCC[n+]3ccc(-c4cc[n+](CCCc5c6ccccc6nc6ccccc56)cc4)cc3)c3ccccc3nc2c1. The van der Waals surface area contributed by atoms with Crippen molar-refractivity contribution >= 4 is 43.6 Å². The molecule has 0 radical (unpaired) electrons. The maximum absolute atomic E-state index is 4.89. The summed E-state index contributed by atoms with van der Waals surface area (Å²) in [7, 11) is 0. The fraction of sp³-hybridized carbons (Fsp3) is 0.143. The average Bonchev–Trinajstić information content (AvgIpc) is 3.11. The molecule has 0 N–H and O–H groups in total. The molecule has 0 atom stereocenters. The molecule has 0 aliphatic heterocycles. The average molecular weight is 597 g/mol.